The van der Waals surface area contributed by atoms with Crippen LogP contribution in [0.5, 0.6) is 0 Å². The predicted octanol–water partition coefficient (Wildman–Crippen LogP) is 22.9. The molecule has 6 nitrogen and oxygen atoms in total. The molecule has 0 aliphatic heterocycles. The average Bonchev–Trinajstić information content (AvgIpc) is 3.44. The van der Waals surface area contributed by atoms with E-state index in [9.17, 15) is 19.8 Å². The Morgan fingerprint density at radius 2 is 0.641 bits per heavy atom. The molecule has 2 unspecified atom stereocenters. The van der Waals surface area contributed by atoms with Gasteiger partial charge >= 0.3 is 5.97 Å². The van der Waals surface area contributed by atoms with Gasteiger partial charge in [-0.3, -0.25) is 9.59 Å². The van der Waals surface area contributed by atoms with Gasteiger partial charge in [0.2, 0.25) is 5.91 Å². The molecule has 0 aromatic carbocycles. The van der Waals surface area contributed by atoms with Crippen molar-refractivity contribution < 1.29 is 24.5 Å². The Hall–Kier alpha value is -1.66. The molecule has 78 heavy (non-hydrogen) atoms. The van der Waals surface area contributed by atoms with Crippen LogP contribution in [0, 0.1) is 0 Å². The highest BCUT2D eigenvalue weighted by Crippen LogP contribution is 2.19. The minimum absolute atomic E-state index is 0.000906. The number of aliphatic hydroxyl groups excluding tert-OH is 2. The van der Waals surface area contributed by atoms with Crippen LogP contribution < -0.4 is 5.32 Å². The predicted molar refractivity (Wildman–Crippen MR) is 343 cm³/mol. The molecule has 0 aromatic heterocycles. The van der Waals surface area contributed by atoms with Crippen molar-refractivity contribution in [1.82, 2.24) is 5.32 Å². The summed E-state index contributed by atoms with van der Waals surface area (Å²) in [5.41, 5.74) is 0. The number of aliphatic hydroxyl groups is 2. The van der Waals surface area contributed by atoms with E-state index in [0.29, 0.717) is 25.9 Å². The lowest BCUT2D eigenvalue weighted by Crippen LogP contribution is -2.45. The molecule has 0 aromatic rings. The molecular weight excluding hydrogens is 959 g/mol. The van der Waals surface area contributed by atoms with E-state index < -0.39 is 12.1 Å². The Morgan fingerprint density at radius 1 is 0.359 bits per heavy atom. The fourth-order valence-electron chi connectivity index (χ4n) is 11.3. The smallest absolute Gasteiger partial charge is 0.305 e. The average molecular weight is 1100 g/mol. The molecule has 0 saturated heterocycles. The van der Waals surface area contributed by atoms with Crippen molar-refractivity contribution >= 4 is 11.9 Å². The van der Waals surface area contributed by atoms with Gasteiger partial charge in [-0.05, 0) is 57.8 Å². The third-order valence-corrected chi connectivity index (χ3v) is 16.8. The molecule has 3 N–H and O–H groups in total. The van der Waals surface area contributed by atoms with Gasteiger partial charge in [0.05, 0.1) is 25.4 Å². The van der Waals surface area contributed by atoms with Crippen LogP contribution in [0.25, 0.3) is 0 Å². The molecule has 0 radical (unpaired) electrons. The van der Waals surface area contributed by atoms with Gasteiger partial charge in [-0.2, -0.15) is 0 Å². The monoisotopic (exact) mass is 1100 g/mol. The van der Waals surface area contributed by atoms with Crippen LogP contribution in [-0.4, -0.2) is 47.4 Å². The van der Waals surface area contributed by atoms with E-state index >= 15 is 0 Å². The van der Waals surface area contributed by atoms with E-state index in [4.69, 9.17) is 4.74 Å². The van der Waals surface area contributed by atoms with Gasteiger partial charge in [-0.15, -0.1) is 0 Å². The van der Waals surface area contributed by atoms with Crippen molar-refractivity contribution in [3.63, 3.8) is 0 Å². The third kappa shape index (κ3) is 63.5. The lowest BCUT2D eigenvalue weighted by molar-refractivity contribution is -0.143. The van der Waals surface area contributed by atoms with Gasteiger partial charge < -0.3 is 20.3 Å². The fourth-order valence-corrected chi connectivity index (χ4v) is 11.3. The molecular formula is C72H139NO5. The summed E-state index contributed by atoms with van der Waals surface area (Å²) in [5.74, 6) is -0.0321. The first kappa shape index (κ1) is 76.3. The minimum Gasteiger partial charge on any atom is -0.466 e. The summed E-state index contributed by atoms with van der Waals surface area (Å²) in [7, 11) is 0. The molecule has 0 aliphatic carbocycles. The summed E-state index contributed by atoms with van der Waals surface area (Å²) in [6, 6.07) is -0.544. The summed E-state index contributed by atoms with van der Waals surface area (Å²) in [6.45, 7) is 4.96. The molecule has 0 aliphatic rings. The molecule has 0 saturated carbocycles. The third-order valence-electron chi connectivity index (χ3n) is 16.8. The van der Waals surface area contributed by atoms with E-state index in [-0.39, 0.29) is 18.5 Å². The Balaban J connectivity index is 3.39. The summed E-state index contributed by atoms with van der Waals surface area (Å²) in [4.78, 5) is 24.6. The van der Waals surface area contributed by atoms with Crippen molar-refractivity contribution in [2.75, 3.05) is 13.2 Å². The number of carbonyl (C=O) groups is 2. The van der Waals surface area contributed by atoms with E-state index in [1.165, 1.54) is 315 Å². The fraction of sp³-hybridized carbons (Fsp3) is 0.917. The number of esters is 1. The minimum atomic E-state index is -0.667. The highest BCUT2D eigenvalue weighted by atomic mass is 16.5. The molecule has 0 fully saturated rings. The maximum Gasteiger partial charge on any atom is 0.305 e. The van der Waals surface area contributed by atoms with E-state index in [2.05, 4.69) is 43.5 Å². The highest BCUT2D eigenvalue weighted by molar-refractivity contribution is 5.76. The quantitative estimate of drug-likeness (QED) is 0.0320. The first-order valence-corrected chi connectivity index (χ1v) is 35.6. The van der Waals surface area contributed by atoms with Gasteiger partial charge in [-0.25, -0.2) is 0 Å². The largest absolute Gasteiger partial charge is 0.466 e. The van der Waals surface area contributed by atoms with Crippen molar-refractivity contribution in [1.29, 1.82) is 0 Å². The molecule has 1 amide bonds. The Kier molecular flexibility index (Phi) is 66.4. The topological polar surface area (TPSA) is 95.9 Å². The van der Waals surface area contributed by atoms with Crippen LogP contribution in [0.2, 0.25) is 0 Å². The van der Waals surface area contributed by atoms with Crippen LogP contribution in [0.3, 0.4) is 0 Å². The maximum absolute atomic E-state index is 12.6. The summed E-state index contributed by atoms with van der Waals surface area (Å²) in [6.07, 6.45) is 85.1. The van der Waals surface area contributed by atoms with Gasteiger partial charge in [0.1, 0.15) is 0 Å². The molecule has 2 atom stereocenters. The zero-order valence-electron chi connectivity index (χ0n) is 52.9. The summed E-state index contributed by atoms with van der Waals surface area (Å²) in [5, 5.41) is 23.5. The molecule has 0 spiro atoms. The second-order valence-corrected chi connectivity index (χ2v) is 24.6. The standard InChI is InChI=1S/C72H139NO5/c1-3-5-7-9-11-13-15-17-19-20-21-22-23-24-25-27-30-33-37-40-44-48-52-56-60-64-70(75)69(68-74)73-71(76)65-61-57-53-49-45-41-38-34-31-28-26-29-32-35-39-43-47-51-55-59-63-67-78-72(77)66-62-58-54-50-46-42-36-18-16-14-12-10-8-6-4-2/h12,14,18,36,69-70,74-75H,3-11,13,15-17,19-35,37-68H2,1-2H3,(H,73,76)/b14-12-,36-18-. The zero-order valence-corrected chi connectivity index (χ0v) is 52.9. The lowest BCUT2D eigenvalue weighted by atomic mass is 10.0. The van der Waals surface area contributed by atoms with Crippen LogP contribution >= 0.6 is 0 Å². The Bertz CT molecular complexity index is 1220. The van der Waals surface area contributed by atoms with Crippen LogP contribution in [0.15, 0.2) is 24.3 Å². The SMILES string of the molecule is CCCCC/C=C\C/C=C\CCCCCCCC(=O)OCCCCCCCCCCCCCCCCCCCCCCCC(=O)NC(CO)C(O)CCCCCCCCCCCCCCCCCCCCCCCCCCC. The maximum atomic E-state index is 12.6. The number of allylic oxidation sites excluding steroid dienone is 4. The number of carbonyl (C=O) groups excluding carboxylic acids is 2. The second-order valence-electron chi connectivity index (χ2n) is 24.6. The van der Waals surface area contributed by atoms with E-state index in [1.807, 2.05) is 0 Å². The van der Waals surface area contributed by atoms with Gasteiger partial charge in [0.25, 0.3) is 0 Å². The summed E-state index contributed by atoms with van der Waals surface area (Å²) < 4.78 is 5.48. The van der Waals surface area contributed by atoms with Crippen molar-refractivity contribution in [3.8, 4) is 0 Å². The van der Waals surface area contributed by atoms with Crippen LogP contribution in [0.4, 0.5) is 0 Å². The van der Waals surface area contributed by atoms with Crippen molar-refractivity contribution in [2.24, 2.45) is 0 Å². The molecule has 0 rings (SSSR count). The highest BCUT2D eigenvalue weighted by Gasteiger charge is 2.20. The number of hydrogen-bond donors (Lipinski definition) is 3. The summed E-state index contributed by atoms with van der Waals surface area (Å²) >= 11 is 0. The van der Waals surface area contributed by atoms with Crippen LogP contribution in [0.1, 0.15) is 399 Å². The lowest BCUT2D eigenvalue weighted by Gasteiger charge is -2.22. The number of unbranched alkanes of at least 4 members (excludes halogenated alkanes) is 52. The van der Waals surface area contributed by atoms with Gasteiger partial charge in [0, 0.05) is 12.8 Å². The number of nitrogens with one attached hydrogen (secondary N) is 1. The Labute approximate surface area is 488 Å². The Morgan fingerprint density at radius 3 is 1.00 bits per heavy atom. The molecule has 6 heteroatoms. The second kappa shape index (κ2) is 67.8. The van der Waals surface area contributed by atoms with E-state index in [0.717, 1.165) is 51.4 Å². The normalized spacial score (nSPS) is 12.6. The molecule has 0 bridgehead atoms. The van der Waals surface area contributed by atoms with E-state index in [1.54, 1.807) is 0 Å². The molecule has 0 heterocycles. The first-order chi connectivity index (χ1) is 38.5. The van der Waals surface area contributed by atoms with Gasteiger partial charge in [-0.1, -0.05) is 353 Å². The number of ether oxygens (including phenoxy) is 1. The van der Waals surface area contributed by atoms with Gasteiger partial charge in [0.15, 0.2) is 0 Å². The zero-order chi connectivity index (χ0) is 56.4. The number of rotatable bonds is 67. The number of amides is 1. The van der Waals surface area contributed by atoms with Crippen molar-refractivity contribution in [2.45, 2.75) is 411 Å². The van der Waals surface area contributed by atoms with Crippen molar-refractivity contribution in [3.05, 3.63) is 24.3 Å². The molecule has 462 valence electrons. The first-order valence-electron chi connectivity index (χ1n) is 35.6. The number of hydrogen-bond acceptors (Lipinski definition) is 5. The van der Waals surface area contributed by atoms with Crippen LogP contribution in [-0.2, 0) is 14.3 Å².